The van der Waals surface area contributed by atoms with Crippen molar-refractivity contribution in [3.05, 3.63) is 52.2 Å². The van der Waals surface area contributed by atoms with E-state index in [9.17, 15) is 0 Å². The van der Waals surface area contributed by atoms with Gasteiger partial charge in [0.1, 0.15) is 12.4 Å². The Balaban J connectivity index is 1.80. The minimum atomic E-state index is 0.633. The van der Waals surface area contributed by atoms with E-state index < -0.39 is 0 Å². The van der Waals surface area contributed by atoms with Crippen LogP contribution >= 0.6 is 11.3 Å². The van der Waals surface area contributed by atoms with Crippen LogP contribution in [-0.2, 0) is 6.54 Å². The van der Waals surface area contributed by atoms with E-state index in [0.29, 0.717) is 12.2 Å². The SMILES string of the molecule is CCN(CCOc1cccc(C#N)c1)Cc1cccs1. The Morgan fingerprint density at radius 1 is 1.30 bits per heavy atom. The van der Waals surface area contributed by atoms with E-state index in [1.165, 1.54) is 4.88 Å². The first-order valence-corrected chi connectivity index (χ1v) is 7.57. The van der Waals surface area contributed by atoms with E-state index in [1.807, 2.05) is 12.1 Å². The third-order valence-corrected chi connectivity index (χ3v) is 3.91. The van der Waals surface area contributed by atoms with Crippen molar-refractivity contribution >= 4 is 11.3 Å². The average Bonchev–Trinajstić information content (AvgIpc) is 2.99. The van der Waals surface area contributed by atoms with Crippen molar-refractivity contribution in [1.82, 2.24) is 4.90 Å². The lowest BCUT2D eigenvalue weighted by atomic mass is 10.2. The van der Waals surface area contributed by atoms with Crippen LogP contribution < -0.4 is 4.74 Å². The smallest absolute Gasteiger partial charge is 0.120 e. The highest BCUT2D eigenvalue weighted by atomic mass is 32.1. The zero-order chi connectivity index (χ0) is 14.2. The summed E-state index contributed by atoms with van der Waals surface area (Å²) in [6, 6.07) is 13.6. The number of likely N-dealkylation sites (N-methyl/N-ethyl adjacent to an activating group) is 1. The Morgan fingerprint density at radius 3 is 2.90 bits per heavy atom. The summed E-state index contributed by atoms with van der Waals surface area (Å²) in [6.45, 7) is 5.64. The zero-order valence-corrected chi connectivity index (χ0v) is 12.4. The lowest BCUT2D eigenvalue weighted by molar-refractivity contribution is 0.211. The van der Waals surface area contributed by atoms with E-state index in [4.69, 9.17) is 10.00 Å². The van der Waals surface area contributed by atoms with Gasteiger partial charge in [-0.15, -0.1) is 11.3 Å². The molecule has 1 heterocycles. The predicted octanol–water partition coefficient (Wildman–Crippen LogP) is 3.52. The Labute approximate surface area is 124 Å². The summed E-state index contributed by atoms with van der Waals surface area (Å²) in [7, 11) is 0. The van der Waals surface area contributed by atoms with E-state index >= 15 is 0 Å². The van der Waals surface area contributed by atoms with Gasteiger partial charge in [0, 0.05) is 18.0 Å². The minimum absolute atomic E-state index is 0.633. The van der Waals surface area contributed by atoms with Crippen LogP contribution in [0.2, 0.25) is 0 Å². The number of hydrogen-bond donors (Lipinski definition) is 0. The Hall–Kier alpha value is -1.83. The molecule has 3 nitrogen and oxygen atoms in total. The number of rotatable bonds is 7. The van der Waals surface area contributed by atoms with Crippen LogP contribution in [0.5, 0.6) is 5.75 Å². The Kier molecular flexibility index (Phi) is 5.60. The van der Waals surface area contributed by atoms with Gasteiger partial charge in [-0.1, -0.05) is 19.1 Å². The van der Waals surface area contributed by atoms with Crippen molar-refractivity contribution in [2.24, 2.45) is 0 Å². The molecule has 104 valence electrons. The molecule has 0 atom stereocenters. The van der Waals surface area contributed by atoms with E-state index in [1.54, 1.807) is 23.5 Å². The van der Waals surface area contributed by atoms with Crippen molar-refractivity contribution in [3.63, 3.8) is 0 Å². The van der Waals surface area contributed by atoms with E-state index in [0.717, 1.165) is 25.4 Å². The van der Waals surface area contributed by atoms with Gasteiger partial charge in [0.2, 0.25) is 0 Å². The fourth-order valence-electron chi connectivity index (χ4n) is 1.92. The summed E-state index contributed by atoms with van der Waals surface area (Å²) in [5.74, 6) is 0.760. The normalized spacial score (nSPS) is 10.4. The molecule has 1 aromatic heterocycles. The lowest BCUT2D eigenvalue weighted by Gasteiger charge is -2.19. The maximum atomic E-state index is 8.84. The van der Waals surface area contributed by atoms with Crippen molar-refractivity contribution in [2.45, 2.75) is 13.5 Å². The average molecular weight is 286 g/mol. The van der Waals surface area contributed by atoms with Crippen LogP contribution in [0, 0.1) is 11.3 Å². The molecule has 0 aliphatic carbocycles. The fourth-order valence-corrected chi connectivity index (χ4v) is 2.67. The standard InChI is InChI=1S/C16H18N2OS/c1-2-18(13-16-7-4-10-20-16)8-9-19-15-6-3-5-14(11-15)12-17/h3-7,10-11H,2,8-9,13H2,1H3. The van der Waals surface area contributed by atoms with Gasteiger partial charge in [-0.2, -0.15) is 5.26 Å². The molecule has 2 aromatic rings. The molecule has 0 amide bonds. The summed E-state index contributed by atoms with van der Waals surface area (Å²) in [5.41, 5.74) is 0.633. The summed E-state index contributed by atoms with van der Waals surface area (Å²) < 4.78 is 5.71. The first-order valence-electron chi connectivity index (χ1n) is 6.69. The molecule has 0 saturated carbocycles. The third-order valence-electron chi connectivity index (χ3n) is 3.05. The number of hydrogen-bond acceptors (Lipinski definition) is 4. The molecule has 1 aromatic carbocycles. The van der Waals surface area contributed by atoms with Crippen LogP contribution in [-0.4, -0.2) is 24.6 Å². The van der Waals surface area contributed by atoms with Gasteiger partial charge < -0.3 is 4.74 Å². The predicted molar refractivity (Wildman–Crippen MR) is 81.9 cm³/mol. The first kappa shape index (κ1) is 14.6. The maximum Gasteiger partial charge on any atom is 0.120 e. The van der Waals surface area contributed by atoms with Crippen molar-refractivity contribution in [2.75, 3.05) is 19.7 Å². The summed E-state index contributed by atoms with van der Waals surface area (Å²) in [5, 5.41) is 10.9. The van der Waals surface area contributed by atoms with Gasteiger partial charge in [-0.25, -0.2) is 0 Å². The van der Waals surface area contributed by atoms with Gasteiger partial charge in [0.25, 0.3) is 0 Å². The summed E-state index contributed by atoms with van der Waals surface area (Å²) in [4.78, 5) is 3.72. The molecule has 2 rings (SSSR count). The van der Waals surface area contributed by atoms with Gasteiger partial charge in [0.05, 0.1) is 11.6 Å². The minimum Gasteiger partial charge on any atom is -0.492 e. The second kappa shape index (κ2) is 7.68. The van der Waals surface area contributed by atoms with Gasteiger partial charge >= 0.3 is 0 Å². The lowest BCUT2D eigenvalue weighted by Crippen LogP contribution is -2.27. The zero-order valence-electron chi connectivity index (χ0n) is 11.6. The van der Waals surface area contributed by atoms with Crippen molar-refractivity contribution in [1.29, 1.82) is 5.26 Å². The second-order valence-corrected chi connectivity index (χ2v) is 5.47. The molecule has 0 fully saturated rings. The molecule has 0 bridgehead atoms. The number of thiophene rings is 1. The Morgan fingerprint density at radius 2 is 2.20 bits per heavy atom. The first-order chi connectivity index (χ1) is 9.81. The van der Waals surface area contributed by atoms with Crippen LogP contribution in [0.25, 0.3) is 0 Å². The van der Waals surface area contributed by atoms with Crippen LogP contribution in [0.3, 0.4) is 0 Å². The molecule has 20 heavy (non-hydrogen) atoms. The quantitative estimate of drug-likeness (QED) is 0.781. The molecule has 0 N–H and O–H groups in total. The molecule has 0 spiro atoms. The monoisotopic (exact) mass is 286 g/mol. The fraction of sp³-hybridized carbons (Fsp3) is 0.312. The Bertz CT molecular complexity index is 560. The second-order valence-electron chi connectivity index (χ2n) is 4.44. The summed E-state index contributed by atoms with van der Waals surface area (Å²) >= 11 is 1.78. The molecule has 0 unspecified atom stereocenters. The highest BCUT2D eigenvalue weighted by molar-refractivity contribution is 7.09. The third kappa shape index (κ3) is 4.37. The maximum absolute atomic E-state index is 8.84. The van der Waals surface area contributed by atoms with Gasteiger partial charge in [-0.05, 0) is 36.2 Å². The molecule has 0 radical (unpaired) electrons. The number of benzene rings is 1. The van der Waals surface area contributed by atoms with Crippen LogP contribution in [0.15, 0.2) is 41.8 Å². The van der Waals surface area contributed by atoms with E-state index in [2.05, 4.69) is 35.4 Å². The van der Waals surface area contributed by atoms with Crippen molar-refractivity contribution in [3.8, 4) is 11.8 Å². The topological polar surface area (TPSA) is 36.3 Å². The number of nitriles is 1. The summed E-state index contributed by atoms with van der Waals surface area (Å²) in [6.07, 6.45) is 0. The highest BCUT2D eigenvalue weighted by Gasteiger charge is 2.05. The van der Waals surface area contributed by atoms with E-state index in [-0.39, 0.29) is 0 Å². The number of nitrogens with zero attached hydrogens (tertiary/aromatic N) is 2. The molecule has 4 heteroatoms. The molecule has 0 aliphatic heterocycles. The number of ether oxygens (including phenoxy) is 1. The van der Waals surface area contributed by atoms with Gasteiger partial charge in [-0.3, -0.25) is 4.90 Å². The van der Waals surface area contributed by atoms with Gasteiger partial charge in [0.15, 0.2) is 0 Å². The van der Waals surface area contributed by atoms with Crippen molar-refractivity contribution < 1.29 is 4.74 Å². The van der Waals surface area contributed by atoms with Crippen LogP contribution in [0.1, 0.15) is 17.4 Å². The molecule has 0 saturated heterocycles. The molecule has 0 aliphatic rings. The van der Waals surface area contributed by atoms with Crippen LogP contribution in [0.4, 0.5) is 0 Å². The largest absolute Gasteiger partial charge is 0.492 e. The molecular formula is C16H18N2OS. The molecular weight excluding hydrogens is 268 g/mol. The highest BCUT2D eigenvalue weighted by Crippen LogP contribution is 2.14.